The molecule has 118 valence electrons. The molecule has 0 amide bonds. The Morgan fingerprint density at radius 1 is 0.625 bits per heavy atom. The molecule has 2 aliphatic carbocycles. The van der Waals surface area contributed by atoms with Gasteiger partial charge in [-0.3, -0.25) is 9.59 Å². The van der Waals surface area contributed by atoms with E-state index in [1.54, 1.807) is 0 Å². The van der Waals surface area contributed by atoms with Crippen LogP contribution < -0.4 is 0 Å². The number of fused-ring (bicyclic) bond motifs is 2. The lowest BCUT2D eigenvalue weighted by Crippen LogP contribution is -2.16. The Labute approximate surface area is 170 Å². The van der Waals surface area contributed by atoms with Crippen LogP contribution in [0.4, 0.5) is 0 Å². The first-order valence-corrected chi connectivity index (χ1v) is 10.3. The maximum absolute atomic E-state index is 12.9. The van der Waals surface area contributed by atoms with Gasteiger partial charge in [0.15, 0.2) is 18.0 Å². The molecule has 0 spiro atoms. The van der Waals surface area contributed by atoms with Crippen molar-refractivity contribution in [2.45, 2.75) is 6.47 Å². The van der Waals surface area contributed by atoms with Crippen LogP contribution in [0.15, 0.2) is 36.4 Å². The van der Waals surface area contributed by atoms with Crippen molar-refractivity contribution in [3.05, 3.63) is 58.7 Å². The monoisotopic (exact) mass is 570 g/mol. The van der Waals surface area contributed by atoms with Gasteiger partial charge in [0.25, 0.3) is 0 Å². The minimum Gasteiger partial charge on any atom is -0.291 e. The number of ketones is 2. The third-order valence-electron chi connectivity index (χ3n) is 4.86. The summed E-state index contributed by atoms with van der Waals surface area (Å²) in [7, 11) is 0. The first-order chi connectivity index (χ1) is 11.3. The third kappa shape index (κ3) is 1.57. The molecule has 0 aromatic heterocycles. The molecular weight excluding hydrogens is 568 g/mol. The number of carbonyl (C=O) groups is 2. The summed E-state index contributed by atoms with van der Waals surface area (Å²) >= 11 is 14.3. The average Bonchev–Trinajstić information content (AvgIpc) is 2.88. The molecule has 2 nitrogen and oxygen atoms in total. The number of alkyl halides is 4. The Morgan fingerprint density at radius 3 is 1.38 bits per heavy atom. The summed E-state index contributed by atoms with van der Waals surface area (Å²) in [6.45, 7) is 0. The normalized spacial score (nSPS) is 19.7. The summed E-state index contributed by atoms with van der Waals surface area (Å²) in [6.07, 6.45) is 0. The average molecular weight is 574 g/mol. The van der Waals surface area contributed by atoms with Crippen LogP contribution in [-0.4, -0.2) is 11.6 Å². The van der Waals surface area contributed by atoms with E-state index in [4.69, 9.17) is 0 Å². The predicted molar refractivity (Wildman–Crippen MR) is 109 cm³/mol. The van der Waals surface area contributed by atoms with Gasteiger partial charge in [0, 0.05) is 22.3 Å². The molecule has 0 aliphatic heterocycles. The third-order valence-corrected chi connectivity index (χ3v) is 7.88. The summed E-state index contributed by atoms with van der Waals surface area (Å²) in [5.41, 5.74) is 3.08. The van der Waals surface area contributed by atoms with E-state index in [1.165, 1.54) is 0 Å². The Hall–Kier alpha value is -0.560. The molecule has 0 saturated carbocycles. The maximum atomic E-state index is 12.9. The summed E-state index contributed by atoms with van der Waals surface area (Å²) in [4.78, 5) is 25.8. The van der Waals surface area contributed by atoms with E-state index in [9.17, 15) is 9.59 Å². The van der Waals surface area contributed by atoms with Crippen LogP contribution in [0, 0.1) is 0 Å². The maximum Gasteiger partial charge on any atom is 0.195 e. The highest BCUT2D eigenvalue weighted by molar-refractivity contribution is 9.25. The lowest BCUT2D eigenvalue weighted by Gasteiger charge is -2.19. The summed E-state index contributed by atoms with van der Waals surface area (Å²) in [5.74, 6) is -0.0396. The van der Waals surface area contributed by atoms with Crippen molar-refractivity contribution in [2.24, 2.45) is 0 Å². The van der Waals surface area contributed by atoms with Gasteiger partial charge in [-0.25, -0.2) is 0 Å². The largest absolute Gasteiger partial charge is 0.291 e. The van der Waals surface area contributed by atoms with Gasteiger partial charge in [-0.2, -0.15) is 0 Å². The highest BCUT2D eigenvalue weighted by Crippen LogP contribution is 2.60. The van der Waals surface area contributed by atoms with Gasteiger partial charge in [0.1, 0.15) is 0 Å². The quantitative estimate of drug-likeness (QED) is 0.235. The molecule has 0 heterocycles. The van der Waals surface area contributed by atoms with Crippen molar-refractivity contribution in [1.29, 1.82) is 0 Å². The smallest absolute Gasteiger partial charge is 0.195 e. The van der Waals surface area contributed by atoms with Gasteiger partial charge in [-0.15, -0.1) is 0 Å². The SMILES string of the molecule is O=C1c2cccc3c4c5c(cccc5c(c23)C1(Br)Br)C(=O)C4(Br)Br. The summed E-state index contributed by atoms with van der Waals surface area (Å²) < 4.78 is -1.93. The van der Waals surface area contributed by atoms with E-state index in [2.05, 4.69) is 63.7 Å². The van der Waals surface area contributed by atoms with E-state index in [-0.39, 0.29) is 11.6 Å². The number of carbonyl (C=O) groups excluding carboxylic acids is 2. The molecule has 3 aromatic carbocycles. The van der Waals surface area contributed by atoms with E-state index in [0.717, 1.165) is 32.7 Å². The number of benzene rings is 3. The first kappa shape index (κ1) is 15.7. The van der Waals surface area contributed by atoms with Crippen molar-refractivity contribution in [3.8, 4) is 0 Å². The Balaban J connectivity index is 2.19. The molecule has 24 heavy (non-hydrogen) atoms. The number of hydrogen-bond donors (Lipinski definition) is 0. The summed E-state index contributed by atoms with van der Waals surface area (Å²) in [5, 5.41) is 3.62. The Morgan fingerprint density at radius 2 is 1.00 bits per heavy atom. The zero-order valence-electron chi connectivity index (χ0n) is 11.8. The van der Waals surface area contributed by atoms with E-state index < -0.39 is 6.47 Å². The Kier molecular flexibility index (Phi) is 2.99. The van der Waals surface area contributed by atoms with Crippen LogP contribution in [0.25, 0.3) is 21.5 Å². The number of rotatable bonds is 0. The van der Waals surface area contributed by atoms with Crippen molar-refractivity contribution in [2.75, 3.05) is 0 Å². The number of halogens is 4. The first-order valence-electron chi connectivity index (χ1n) is 7.15. The van der Waals surface area contributed by atoms with Crippen molar-refractivity contribution in [1.82, 2.24) is 0 Å². The minimum atomic E-state index is -0.966. The van der Waals surface area contributed by atoms with Crippen molar-refractivity contribution < 1.29 is 9.59 Å². The van der Waals surface area contributed by atoms with Gasteiger partial charge in [0.2, 0.25) is 0 Å². The molecule has 0 bridgehead atoms. The molecule has 0 fully saturated rings. The predicted octanol–water partition coefficient (Wildman–Crippen LogP) is 6.27. The van der Waals surface area contributed by atoms with Crippen LogP contribution in [-0.2, 0) is 6.47 Å². The van der Waals surface area contributed by atoms with Gasteiger partial charge >= 0.3 is 0 Å². The molecule has 0 N–H and O–H groups in total. The van der Waals surface area contributed by atoms with Crippen molar-refractivity contribution >= 4 is 96.8 Å². The fourth-order valence-electron chi connectivity index (χ4n) is 3.93. The molecule has 0 atom stereocenters. The van der Waals surface area contributed by atoms with Gasteiger partial charge in [-0.05, 0) is 21.5 Å². The zero-order chi connectivity index (χ0) is 17.0. The van der Waals surface area contributed by atoms with Crippen LogP contribution in [0.1, 0.15) is 31.8 Å². The second kappa shape index (κ2) is 4.58. The van der Waals surface area contributed by atoms with Crippen LogP contribution in [0.3, 0.4) is 0 Å². The molecule has 3 aromatic rings. The second-order valence-corrected chi connectivity index (χ2v) is 12.9. The lowest BCUT2D eigenvalue weighted by molar-refractivity contribution is 0.0983. The van der Waals surface area contributed by atoms with E-state index >= 15 is 0 Å². The van der Waals surface area contributed by atoms with Crippen LogP contribution in [0.2, 0.25) is 0 Å². The second-order valence-electron chi connectivity index (χ2n) is 6.01. The fourth-order valence-corrected chi connectivity index (χ4v) is 6.43. The van der Waals surface area contributed by atoms with Crippen LogP contribution in [0.5, 0.6) is 0 Å². The lowest BCUT2D eigenvalue weighted by atomic mass is 9.93. The molecule has 2 aliphatic rings. The number of Topliss-reactive ketones (excluding diaryl/α,β-unsaturated/α-hetero) is 2. The number of hydrogen-bond acceptors (Lipinski definition) is 2. The molecule has 0 radical (unpaired) electrons. The molecule has 0 saturated heterocycles. The highest BCUT2D eigenvalue weighted by Gasteiger charge is 2.50. The molecule has 6 heteroatoms. The molecule has 0 unspecified atom stereocenters. The highest BCUT2D eigenvalue weighted by atomic mass is 79.9. The van der Waals surface area contributed by atoms with Gasteiger partial charge in [-0.1, -0.05) is 100 Å². The topological polar surface area (TPSA) is 34.1 Å². The molecule has 5 rings (SSSR count). The zero-order valence-corrected chi connectivity index (χ0v) is 18.1. The van der Waals surface area contributed by atoms with E-state index in [1.807, 2.05) is 36.4 Å². The molecular formula is C18H6Br4O2. The summed E-state index contributed by atoms with van der Waals surface area (Å²) in [6, 6.07) is 11.3. The van der Waals surface area contributed by atoms with Gasteiger partial charge in [0.05, 0.1) is 0 Å². The minimum absolute atomic E-state index is 0.0198. The Bertz CT molecular complexity index is 1050. The standard InChI is InChI=1S/C18H6Br4O2/c19-17(20)13-7-3-1-5-9-11(7)14(18(21,22)15(9)23)8-4-2-6-10(12(8)13)16(17)24/h1-6H. The van der Waals surface area contributed by atoms with Crippen LogP contribution >= 0.6 is 63.7 Å². The van der Waals surface area contributed by atoms with E-state index in [0.29, 0.717) is 11.1 Å². The van der Waals surface area contributed by atoms with Crippen molar-refractivity contribution in [3.63, 3.8) is 0 Å². The fraction of sp³-hybridized carbons (Fsp3) is 0.111. The van der Waals surface area contributed by atoms with Gasteiger partial charge < -0.3 is 0 Å².